The molecule has 0 radical (unpaired) electrons. The van der Waals surface area contributed by atoms with E-state index in [0.29, 0.717) is 0 Å². The van der Waals surface area contributed by atoms with E-state index >= 15 is 0 Å². The maximum atomic E-state index is 13.2. The van der Waals surface area contributed by atoms with Crippen LogP contribution < -0.4 is 4.57 Å². The van der Waals surface area contributed by atoms with Crippen LogP contribution in [0.1, 0.15) is 12.1 Å². The van der Waals surface area contributed by atoms with Gasteiger partial charge in [-0.25, -0.2) is 9.97 Å². The van der Waals surface area contributed by atoms with E-state index in [9.17, 15) is 21.6 Å². The SMILES string of the molecule is O=S(=O)(O)CCC[n+]1ccc(-c2ncccn2)cc1C(F)(F)F. The average molecular weight is 348 g/mol. The zero-order valence-corrected chi connectivity index (χ0v) is 12.5. The molecule has 0 aliphatic carbocycles. The molecular formula is C13H13F3N3O3S+. The molecule has 2 rings (SSSR count). The molecule has 0 aliphatic heterocycles. The third-order valence-corrected chi connectivity index (χ3v) is 3.76. The molecule has 0 saturated carbocycles. The number of rotatable bonds is 5. The fourth-order valence-electron chi connectivity index (χ4n) is 1.97. The Kier molecular flexibility index (Phi) is 4.95. The molecule has 1 N–H and O–H groups in total. The minimum Gasteiger partial charge on any atom is -0.286 e. The van der Waals surface area contributed by atoms with Gasteiger partial charge in [-0.05, 0) is 6.07 Å². The number of halogens is 3. The first-order valence-electron chi connectivity index (χ1n) is 6.50. The van der Waals surface area contributed by atoms with Crippen molar-refractivity contribution in [3.8, 4) is 11.4 Å². The van der Waals surface area contributed by atoms with Gasteiger partial charge in [-0.1, -0.05) is 0 Å². The first-order chi connectivity index (χ1) is 10.7. The van der Waals surface area contributed by atoms with Gasteiger partial charge >= 0.3 is 6.18 Å². The number of nitrogens with zero attached hydrogens (tertiary/aromatic N) is 3. The molecule has 0 saturated heterocycles. The van der Waals surface area contributed by atoms with E-state index in [1.165, 1.54) is 24.7 Å². The highest BCUT2D eigenvalue weighted by atomic mass is 32.2. The van der Waals surface area contributed by atoms with Gasteiger partial charge in [-0.3, -0.25) is 4.55 Å². The molecule has 23 heavy (non-hydrogen) atoms. The fraction of sp³-hybridized carbons (Fsp3) is 0.308. The van der Waals surface area contributed by atoms with Crippen LogP contribution in [0.4, 0.5) is 13.2 Å². The molecule has 0 fully saturated rings. The van der Waals surface area contributed by atoms with Gasteiger partial charge in [0.05, 0.1) is 5.75 Å². The van der Waals surface area contributed by atoms with Crippen molar-refractivity contribution in [3.63, 3.8) is 0 Å². The highest BCUT2D eigenvalue weighted by Crippen LogP contribution is 2.28. The van der Waals surface area contributed by atoms with Crippen molar-refractivity contribution < 1.29 is 30.7 Å². The van der Waals surface area contributed by atoms with Crippen molar-refractivity contribution in [2.24, 2.45) is 0 Å². The molecular weight excluding hydrogens is 335 g/mol. The summed E-state index contributed by atoms with van der Waals surface area (Å²) >= 11 is 0. The van der Waals surface area contributed by atoms with Crippen LogP contribution >= 0.6 is 0 Å². The van der Waals surface area contributed by atoms with Gasteiger partial charge in [-0.2, -0.15) is 26.2 Å². The zero-order valence-electron chi connectivity index (χ0n) is 11.7. The largest absolute Gasteiger partial charge is 0.477 e. The van der Waals surface area contributed by atoms with Crippen LogP contribution in [0.15, 0.2) is 36.8 Å². The van der Waals surface area contributed by atoms with Gasteiger partial charge in [0, 0.05) is 36.5 Å². The number of hydrogen-bond donors (Lipinski definition) is 1. The fourth-order valence-corrected chi connectivity index (χ4v) is 2.47. The minimum atomic E-state index is -4.62. The Balaban J connectivity index is 2.32. The van der Waals surface area contributed by atoms with Gasteiger partial charge in [-0.15, -0.1) is 0 Å². The minimum absolute atomic E-state index is 0.145. The third kappa shape index (κ3) is 4.96. The Morgan fingerprint density at radius 1 is 1.22 bits per heavy atom. The summed E-state index contributed by atoms with van der Waals surface area (Å²) < 4.78 is 70.4. The van der Waals surface area contributed by atoms with Crippen molar-refractivity contribution in [2.75, 3.05) is 5.75 Å². The Morgan fingerprint density at radius 3 is 2.43 bits per heavy atom. The average Bonchev–Trinajstić information content (AvgIpc) is 2.46. The van der Waals surface area contributed by atoms with Crippen LogP contribution in [0.25, 0.3) is 11.4 Å². The molecule has 0 atom stereocenters. The second-order valence-corrected chi connectivity index (χ2v) is 6.28. The molecule has 2 heterocycles. The normalized spacial score (nSPS) is 12.3. The molecule has 0 unspecified atom stereocenters. The Bertz CT molecular complexity index is 780. The van der Waals surface area contributed by atoms with Gasteiger partial charge in [0.25, 0.3) is 15.8 Å². The lowest BCUT2D eigenvalue weighted by molar-refractivity contribution is -0.714. The van der Waals surface area contributed by atoms with Gasteiger partial charge in [0.1, 0.15) is 6.54 Å². The molecule has 2 aromatic rings. The monoisotopic (exact) mass is 348 g/mol. The van der Waals surface area contributed by atoms with Gasteiger partial charge < -0.3 is 0 Å². The molecule has 2 aromatic heterocycles. The maximum Gasteiger partial charge on any atom is 0.477 e. The summed E-state index contributed by atoms with van der Waals surface area (Å²) in [6.07, 6.45) is -0.735. The number of hydrogen-bond acceptors (Lipinski definition) is 4. The summed E-state index contributed by atoms with van der Waals surface area (Å²) in [4.78, 5) is 7.79. The molecule has 0 aliphatic rings. The first kappa shape index (κ1) is 17.3. The second-order valence-electron chi connectivity index (χ2n) is 4.70. The van der Waals surface area contributed by atoms with Crippen molar-refractivity contribution >= 4 is 10.1 Å². The predicted octanol–water partition coefficient (Wildman–Crippen LogP) is 1.73. The van der Waals surface area contributed by atoms with Crippen LogP contribution in [0.5, 0.6) is 0 Å². The molecule has 6 nitrogen and oxygen atoms in total. The van der Waals surface area contributed by atoms with Crippen molar-refractivity contribution in [1.29, 1.82) is 0 Å². The number of alkyl halides is 3. The second kappa shape index (κ2) is 6.59. The van der Waals surface area contributed by atoms with Crippen LogP contribution in [0, 0.1) is 0 Å². The number of aromatic nitrogens is 3. The summed E-state index contributed by atoms with van der Waals surface area (Å²) in [6.45, 7) is -0.204. The van der Waals surface area contributed by atoms with Crippen LogP contribution in [0.2, 0.25) is 0 Å². The van der Waals surface area contributed by atoms with Gasteiger partial charge in [0.2, 0.25) is 0 Å². The van der Waals surface area contributed by atoms with E-state index in [-0.39, 0.29) is 24.4 Å². The topological polar surface area (TPSA) is 84.0 Å². The highest BCUT2D eigenvalue weighted by molar-refractivity contribution is 7.85. The summed E-state index contributed by atoms with van der Waals surface area (Å²) in [5, 5.41) is 0. The molecule has 0 spiro atoms. The number of pyridine rings is 1. The van der Waals surface area contributed by atoms with Crippen molar-refractivity contribution in [1.82, 2.24) is 9.97 Å². The van der Waals surface area contributed by atoms with E-state index in [1.54, 1.807) is 6.07 Å². The summed E-state index contributed by atoms with van der Waals surface area (Å²) in [5.41, 5.74) is -0.748. The lowest BCUT2D eigenvalue weighted by Crippen LogP contribution is -2.42. The van der Waals surface area contributed by atoms with E-state index in [4.69, 9.17) is 4.55 Å². The van der Waals surface area contributed by atoms with Gasteiger partial charge in [0.15, 0.2) is 12.0 Å². The van der Waals surface area contributed by atoms with Crippen LogP contribution in [-0.2, 0) is 22.8 Å². The number of aryl methyl sites for hydroxylation is 1. The Labute approximate surface area is 130 Å². The summed E-state index contributed by atoms with van der Waals surface area (Å²) in [6, 6.07) is 3.87. The summed E-state index contributed by atoms with van der Waals surface area (Å²) in [5.74, 6) is -0.455. The molecule has 0 amide bonds. The Hall–Kier alpha value is -2.07. The van der Waals surface area contributed by atoms with E-state index < -0.39 is 27.7 Å². The predicted molar refractivity (Wildman–Crippen MR) is 73.7 cm³/mol. The van der Waals surface area contributed by atoms with E-state index in [2.05, 4.69) is 9.97 Å². The molecule has 0 aromatic carbocycles. The lowest BCUT2D eigenvalue weighted by Gasteiger charge is -2.08. The molecule has 10 heteroatoms. The lowest BCUT2D eigenvalue weighted by atomic mass is 10.2. The smallest absolute Gasteiger partial charge is 0.286 e. The van der Waals surface area contributed by atoms with Crippen LogP contribution in [0.3, 0.4) is 0 Å². The zero-order chi connectivity index (χ0) is 17.1. The quantitative estimate of drug-likeness (QED) is 0.657. The first-order valence-corrected chi connectivity index (χ1v) is 8.11. The highest BCUT2D eigenvalue weighted by Gasteiger charge is 2.41. The molecule has 124 valence electrons. The van der Waals surface area contributed by atoms with Crippen molar-refractivity contribution in [3.05, 3.63) is 42.5 Å². The third-order valence-electron chi connectivity index (χ3n) is 2.95. The van der Waals surface area contributed by atoms with E-state index in [0.717, 1.165) is 10.6 Å². The Morgan fingerprint density at radius 2 is 1.87 bits per heavy atom. The van der Waals surface area contributed by atoms with Crippen molar-refractivity contribution in [2.45, 2.75) is 19.1 Å². The molecule has 0 bridgehead atoms. The van der Waals surface area contributed by atoms with Crippen LogP contribution in [-0.4, -0.2) is 28.7 Å². The summed E-state index contributed by atoms with van der Waals surface area (Å²) in [7, 11) is -4.21. The van der Waals surface area contributed by atoms with E-state index in [1.807, 2.05) is 0 Å². The maximum absolute atomic E-state index is 13.2. The standard InChI is InChI=1S/C13H12F3N3O3S/c14-13(15,16)11-9-10(12-17-4-1-5-18-12)3-7-19(11)6-2-8-23(20,21)22/h1,3-5,7,9H,2,6,8H2/p+1.